The number of fused-ring (bicyclic) bond motifs is 1. The monoisotopic (exact) mass is 351 g/mol. The van der Waals surface area contributed by atoms with Gasteiger partial charge in [-0.05, 0) is 44.9 Å². The standard InChI is InChI=1S/C16H21N3O2S2/c1-16(2,3)21-15(20)18-8-10-19(11-9-18)23-14-17-12-6-4-5-7-13(12)22-14/h4-7H,8-11H2,1-3H3. The van der Waals surface area contributed by atoms with E-state index in [4.69, 9.17) is 4.74 Å². The largest absolute Gasteiger partial charge is 0.444 e. The van der Waals surface area contributed by atoms with Crippen LogP contribution in [0.4, 0.5) is 4.79 Å². The highest BCUT2D eigenvalue weighted by Gasteiger charge is 2.26. The van der Waals surface area contributed by atoms with Crippen molar-refractivity contribution in [3.05, 3.63) is 24.3 Å². The Balaban J connectivity index is 1.54. The van der Waals surface area contributed by atoms with Crippen molar-refractivity contribution in [3.8, 4) is 0 Å². The Morgan fingerprint density at radius 1 is 1.22 bits per heavy atom. The Kier molecular flexibility index (Phi) is 4.79. The normalized spacial score (nSPS) is 16.7. The van der Waals surface area contributed by atoms with Gasteiger partial charge in [0, 0.05) is 26.2 Å². The summed E-state index contributed by atoms with van der Waals surface area (Å²) in [5.74, 6) is 0. The van der Waals surface area contributed by atoms with Gasteiger partial charge in [-0.2, -0.15) is 0 Å². The maximum Gasteiger partial charge on any atom is 0.410 e. The average molecular weight is 351 g/mol. The molecule has 1 amide bonds. The lowest BCUT2D eigenvalue weighted by Gasteiger charge is -2.34. The minimum Gasteiger partial charge on any atom is -0.444 e. The van der Waals surface area contributed by atoms with Crippen LogP contribution in [0.1, 0.15) is 20.8 Å². The number of carbonyl (C=O) groups is 1. The highest BCUT2D eigenvalue weighted by molar-refractivity contribution is 7.98. The lowest BCUT2D eigenvalue weighted by Crippen LogP contribution is -2.47. The van der Waals surface area contributed by atoms with Crippen LogP contribution in [0.15, 0.2) is 28.6 Å². The van der Waals surface area contributed by atoms with E-state index in [1.165, 1.54) is 4.70 Å². The van der Waals surface area contributed by atoms with E-state index in [0.717, 1.165) is 22.9 Å². The second-order valence-electron chi connectivity index (χ2n) is 6.44. The van der Waals surface area contributed by atoms with Gasteiger partial charge in [0.2, 0.25) is 0 Å². The summed E-state index contributed by atoms with van der Waals surface area (Å²) in [7, 11) is 0. The van der Waals surface area contributed by atoms with E-state index in [2.05, 4.69) is 15.4 Å². The Morgan fingerprint density at radius 2 is 1.91 bits per heavy atom. The lowest BCUT2D eigenvalue weighted by atomic mass is 10.2. The van der Waals surface area contributed by atoms with Crippen LogP contribution in [0.5, 0.6) is 0 Å². The van der Waals surface area contributed by atoms with Gasteiger partial charge in [0.25, 0.3) is 0 Å². The van der Waals surface area contributed by atoms with Crippen molar-refractivity contribution in [2.45, 2.75) is 30.7 Å². The number of amides is 1. The number of ether oxygens (including phenoxy) is 1. The Bertz CT molecular complexity index is 655. The first-order valence-corrected chi connectivity index (χ1v) is 9.26. The van der Waals surface area contributed by atoms with E-state index in [1.54, 1.807) is 28.2 Å². The molecule has 5 nitrogen and oxygen atoms in total. The molecule has 0 bridgehead atoms. The molecule has 0 aliphatic carbocycles. The molecule has 0 unspecified atom stereocenters. The van der Waals surface area contributed by atoms with Crippen LogP contribution in [0.25, 0.3) is 10.2 Å². The van der Waals surface area contributed by atoms with Crippen LogP contribution in [0, 0.1) is 0 Å². The fourth-order valence-electron chi connectivity index (χ4n) is 2.29. The van der Waals surface area contributed by atoms with Crippen molar-refractivity contribution in [3.63, 3.8) is 0 Å². The fraction of sp³-hybridized carbons (Fsp3) is 0.500. The van der Waals surface area contributed by atoms with Crippen molar-refractivity contribution in [1.29, 1.82) is 0 Å². The number of hydrogen-bond acceptors (Lipinski definition) is 6. The number of aromatic nitrogens is 1. The summed E-state index contributed by atoms with van der Waals surface area (Å²) >= 11 is 3.39. The third-order valence-corrected chi connectivity index (χ3v) is 5.55. The van der Waals surface area contributed by atoms with E-state index < -0.39 is 5.60 Å². The zero-order valence-electron chi connectivity index (χ0n) is 13.6. The molecule has 1 fully saturated rings. The Hall–Kier alpha value is -1.31. The number of carbonyl (C=O) groups excluding carboxylic acids is 1. The molecule has 1 aliphatic rings. The first kappa shape index (κ1) is 16.5. The molecule has 1 aliphatic heterocycles. The maximum atomic E-state index is 12.1. The number of hydrogen-bond donors (Lipinski definition) is 0. The number of rotatable bonds is 2. The van der Waals surface area contributed by atoms with Gasteiger partial charge < -0.3 is 9.64 Å². The number of piperazine rings is 1. The van der Waals surface area contributed by atoms with Crippen LogP contribution in [-0.2, 0) is 4.74 Å². The van der Waals surface area contributed by atoms with Crippen molar-refractivity contribution >= 4 is 39.6 Å². The van der Waals surface area contributed by atoms with E-state index in [-0.39, 0.29) is 6.09 Å². The van der Waals surface area contributed by atoms with Gasteiger partial charge in [-0.25, -0.2) is 14.1 Å². The van der Waals surface area contributed by atoms with Gasteiger partial charge >= 0.3 is 6.09 Å². The number of benzene rings is 1. The van der Waals surface area contributed by atoms with Gasteiger partial charge in [-0.15, -0.1) is 11.3 Å². The molecule has 0 spiro atoms. The number of para-hydroxylation sites is 1. The van der Waals surface area contributed by atoms with Crippen molar-refractivity contribution in [2.24, 2.45) is 0 Å². The molecule has 23 heavy (non-hydrogen) atoms. The summed E-state index contributed by atoms with van der Waals surface area (Å²) in [6, 6.07) is 8.18. The van der Waals surface area contributed by atoms with E-state index >= 15 is 0 Å². The van der Waals surface area contributed by atoms with Crippen molar-refractivity contribution < 1.29 is 9.53 Å². The Labute approximate surface area is 144 Å². The van der Waals surface area contributed by atoms with Gasteiger partial charge in [0.1, 0.15) is 5.60 Å². The van der Waals surface area contributed by atoms with Crippen LogP contribution >= 0.6 is 23.3 Å². The quantitative estimate of drug-likeness (QED) is 0.769. The van der Waals surface area contributed by atoms with Crippen molar-refractivity contribution in [1.82, 2.24) is 14.2 Å². The molecule has 0 saturated carbocycles. The van der Waals surface area contributed by atoms with E-state index in [0.29, 0.717) is 13.1 Å². The molecule has 0 atom stereocenters. The number of nitrogens with zero attached hydrogens (tertiary/aromatic N) is 3. The van der Waals surface area contributed by atoms with Gasteiger partial charge in [0.05, 0.1) is 10.2 Å². The van der Waals surface area contributed by atoms with Gasteiger partial charge in [-0.3, -0.25) is 0 Å². The second-order valence-corrected chi connectivity index (χ2v) is 8.81. The molecule has 0 N–H and O–H groups in total. The van der Waals surface area contributed by atoms with E-state index in [1.807, 2.05) is 39.0 Å². The first-order valence-electron chi connectivity index (χ1n) is 7.67. The predicted molar refractivity (Wildman–Crippen MR) is 94.9 cm³/mol. The smallest absolute Gasteiger partial charge is 0.410 e. The summed E-state index contributed by atoms with van der Waals surface area (Å²) in [5.41, 5.74) is 0.608. The summed E-state index contributed by atoms with van der Waals surface area (Å²) in [6.45, 7) is 8.69. The molecule has 7 heteroatoms. The molecule has 124 valence electrons. The first-order chi connectivity index (χ1) is 10.9. The van der Waals surface area contributed by atoms with Crippen LogP contribution in [0.3, 0.4) is 0 Å². The SMILES string of the molecule is CC(C)(C)OC(=O)N1CCN(Sc2nc3ccccc3s2)CC1. The zero-order chi connectivity index (χ0) is 16.4. The molecule has 2 heterocycles. The van der Waals surface area contributed by atoms with Crippen LogP contribution in [0.2, 0.25) is 0 Å². The molecule has 2 aromatic rings. The molecule has 1 aromatic carbocycles. The molecular formula is C16H21N3O2S2. The second kappa shape index (κ2) is 6.67. The lowest BCUT2D eigenvalue weighted by molar-refractivity contribution is 0.0197. The molecule has 1 aromatic heterocycles. The summed E-state index contributed by atoms with van der Waals surface area (Å²) in [4.78, 5) is 18.5. The highest BCUT2D eigenvalue weighted by Crippen LogP contribution is 2.32. The predicted octanol–water partition coefficient (Wildman–Crippen LogP) is 3.86. The maximum absolute atomic E-state index is 12.1. The zero-order valence-corrected chi connectivity index (χ0v) is 15.2. The van der Waals surface area contributed by atoms with Crippen LogP contribution in [-0.4, -0.2) is 52.1 Å². The summed E-state index contributed by atoms with van der Waals surface area (Å²) in [6.07, 6.45) is -0.220. The van der Waals surface area contributed by atoms with Gasteiger partial charge in [0.15, 0.2) is 4.34 Å². The average Bonchev–Trinajstić information content (AvgIpc) is 2.88. The third kappa shape index (κ3) is 4.37. The van der Waals surface area contributed by atoms with Crippen molar-refractivity contribution in [2.75, 3.05) is 26.2 Å². The third-order valence-electron chi connectivity index (χ3n) is 3.37. The molecule has 1 saturated heterocycles. The van der Waals surface area contributed by atoms with Crippen LogP contribution < -0.4 is 0 Å². The fourth-order valence-corrected chi connectivity index (χ4v) is 4.43. The van der Waals surface area contributed by atoms with E-state index in [9.17, 15) is 4.79 Å². The Morgan fingerprint density at radius 3 is 2.57 bits per heavy atom. The summed E-state index contributed by atoms with van der Waals surface area (Å²) in [5, 5.41) is 0. The highest BCUT2D eigenvalue weighted by atomic mass is 32.2. The molecular weight excluding hydrogens is 330 g/mol. The minimum absolute atomic E-state index is 0.220. The number of thiazole rings is 1. The molecule has 3 rings (SSSR count). The molecule has 0 radical (unpaired) electrons. The minimum atomic E-state index is -0.441. The topological polar surface area (TPSA) is 45.7 Å². The van der Waals surface area contributed by atoms with Gasteiger partial charge in [-0.1, -0.05) is 12.1 Å². The summed E-state index contributed by atoms with van der Waals surface area (Å²) < 4.78 is 9.95.